The second-order valence-corrected chi connectivity index (χ2v) is 9.16. The normalized spacial score (nSPS) is 17.3. The molecule has 1 saturated heterocycles. The van der Waals surface area contributed by atoms with Gasteiger partial charge in [0.2, 0.25) is 0 Å². The first kappa shape index (κ1) is 24.1. The second kappa shape index (κ2) is 9.29. The van der Waals surface area contributed by atoms with E-state index in [2.05, 4.69) is 0 Å². The number of ether oxygens (including phenoxy) is 1. The summed E-state index contributed by atoms with van der Waals surface area (Å²) in [5, 5.41) is 21.7. The number of ketones is 1. The van der Waals surface area contributed by atoms with Crippen molar-refractivity contribution in [2.45, 2.75) is 39.7 Å². The number of carbonyl (C=O) groups is 2. The summed E-state index contributed by atoms with van der Waals surface area (Å²) in [6.45, 7) is 7.78. The van der Waals surface area contributed by atoms with E-state index in [4.69, 9.17) is 4.74 Å². The van der Waals surface area contributed by atoms with Crippen LogP contribution in [0.4, 0.5) is 5.69 Å². The number of hydrogen-bond donors (Lipinski definition) is 2. The minimum absolute atomic E-state index is 0.000263. The number of anilines is 1. The van der Waals surface area contributed by atoms with Crippen molar-refractivity contribution in [3.05, 3.63) is 94.1 Å². The van der Waals surface area contributed by atoms with Crippen LogP contribution in [0.25, 0.3) is 5.76 Å². The van der Waals surface area contributed by atoms with E-state index in [-0.39, 0.29) is 23.0 Å². The largest absolute Gasteiger partial charge is 0.508 e. The molecular formula is C29H29NO5. The zero-order chi connectivity index (χ0) is 25.4. The van der Waals surface area contributed by atoms with Gasteiger partial charge in [-0.15, -0.1) is 0 Å². The Labute approximate surface area is 205 Å². The molecular weight excluding hydrogens is 442 g/mol. The molecule has 0 saturated carbocycles. The van der Waals surface area contributed by atoms with Gasteiger partial charge in [-0.05, 0) is 72.9 Å². The number of rotatable bonds is 5. The summed E-state index contributed by atoms with van der Waals surface area (Å²) in [7, 11) is 1.59. The summed E-state index contributed by atoms with van der Waals surface area (Å²) in [5.41, 5.74) is 4.07. The van der Waals surface area contributed by atoms with Gasteiger partial charge < -0.3 is 14.9 Å². The lowest BCUT2D eigenvalue weighted by atomic mass is 9.91. The maximum atomic E-state index is 13.4. The number of methoxy groups -OCH3 is 1. The van der Waals surface area contributed by atoms with Crippen LogP contribution in [-0.4, -0.2) is 29.0 Å². The Balaban J connectivity index is 1.99. The van der Waals surface area contributed by atoms with Crippen LogP contribution < -0.4 is 9.64 Å². The Morgan fingerprint density at radius 2 is 1.69 bits per heavy atom. The molecule has 4 rings (SSSR count). The van der Waals surface area contributed by atoms with Crippen molar-refractivity contribution in [3.63, 3.8) is 0 Å². The quantitative estimate of drug-likeness (QED) is 0.280. The van der Waals surface area contributed by atoms with Crippen LogP contribution in [0.3, 0.4) is 0 Å². The number of aliphatic hydroxyl groups excluding tert-OH is 1. The fraction of sp³-hybridized carbons (Fsp3) is 0.241. The molecule has 3 aromatic rings. The molecule has 1 fully saturated rings. The zero-order valence-corrected chi connectivity index (χ0v) is 20.5. The average molecular weight is 472 g/mol. The molecule has 0 aromatic heterocycles. The Morgan fingerprint density at radius 3 is 2.29 bits per heavy atom. The number of carbonyl (C=O) groups excluding carboxylic acids is 2. The summed E-state index contributed by atoms with van der Waals surface area (Å²) >= 11 is 0. The van der Waals surface area contributed by atoms with E-state index in [0.717, 1.165) is 11.1 Å². The molecule has 3 aromatic carbocycles. The topological polar surface area (TPSA) is 87.1 Å². The summed E-state index contributed by atoms with van der Waals surface area (Å²) in [5.74, 6) is -0.975. The number of aromatic hydroxyl groups is 1. The van der Waals surface area contributed by atoms with Crippen molar-refractivity contribution in [1.82, 2.24) is 0 Å². The molecule has 0 radical (unpaired) electrons. The number of aliphatic hydroxyl groups is 1. The van der Waals surface area contributed by atoms with Gasteiger partial charge in [0.25, 0.3) is 11.7 Å². The molecule has 180 valence electrons. The molecule has 6 heteroatoms. The van der Waals surface area contributed by atoms with Crippen molar-refractivity contribution in [2.75, 3.05) is 12.0 Å². The molecule has 0 spiro atoms. The highest BCUT2D eigenvalue weighted by Crippen LogP contribution is 2.44. The Kier molecular flexibility index (Phi) is 6.39. The number of aryl methyl sites for hydroxylation is 2. The fourth-order valence-electron chi connectivity index (χ4n) is 4.54. The van der Waals surface area contributed by atoms with Gasteiger partial charge in [-0.25, -0.2) is 0 Å². The molecule has 1 amide bonds. The standard InChI is InChI=1S/C29H29NO5/c1-16(2)22-15-23(18(4)13-24(22)35-5)27(32)25-26(19-7-6-8-21(31)14-19)30(29(34)28(25)33)20-11-9-17(3)10-12-20/h6-16,26,31-32H,1-5H3/b27-25+. The highest BCUT2D eigenvalue weighted by Gasteiger charge is 2.47. The molecule has 1 unspecified atom stereocenters. The predicted molar refractivity (Wildman–Crippen MR) is 136 cm³/mol. The van der Waals surface area contributed by atoms with Crippen LogP contribution in [0.5, 0.6) is 11.5 Å². The minimum atomic E-state index is -0.909. The van der Waals surface area contributed by atoms with E-state index in [1.54, 1.807) is 31.4 Å². The van der Waals surface area contributed by atoms with E-state index in [1.165, 1.54) is 17.0 Å². The number of hydrogen-bond acceptors (Lipinski definition) is 5. The lowest BCUT2D eigenvalue weighted by molar-refractivity contribution is -0.132. The SMILES string of the molecule is COc1cc(C)c(/C(O)=C2\C(=O)C(=O)N(c3ccc(C)cc3)C2c2cccc(O)c2)cc1C(C)C. The van der Waals surface area contributed by atoms with Crippen LogP contribution in [0.2, 0.25) is 0 Å². The molecule has 35 heavy (non-hydrogen) atoms. The molecule has 2 N–H and O–H groups in total. The lowest BCUT2D eigenvalue weighted by Gasteiger charge is -2.26. The van der Waals surface area contributed by atoms with Gasteiger partial charge in [0.1, 0.15) is 17.3 Å². The van der Waals surface area contributed by atoms with E-state index in [0.29, 0.717) is 28.1 Å². The Bertz CT molecular complexity index is 1340. The first-order valence-corrected chi connectivity index (χ1v) is 11.5. The van der Waals surface area contributed by atoms with Crippen LogP contribution >= 0.6 is 0 Å². The molecule has 0 aliphatic carbocycles. The first-order valence-electron chi connectivity index (χ1n) is 11.5. The highest BCUT2D eigenvalue weighted by molar-refractivity contribution is 6.51. The van der Waals surface area contributed by atoms with Gasteiger partial charge in [0.05, 0.1) is 18.7 Å². The minimum Gasteiger partial charge on any atom is -0.508 e. The monoisotopic (exact) mass is 471 g/mol. The lowest BCUT2D eigenvalue weighted by Crippen LogP contribution is -2.29. The second-order valence-electron chi connectivity index (χ2n) is 9.16. The summed E-state index contributed by atoms with van der Waals surface area (Å²) in [6.07, 6.45) is 0. The number of amides is 1. The summed E-state index contributed by atoms with van der Waals surface area (Å²) < 4.78 is 5.52. The van der Waals surface area contributed by atoms with Crippen molar-refractivity contribution in [2.24, 2.45) is 0 Å². The molecule has 0 bridgehead atoms. The predicted octanol–water partition coefficient (Wildman–Crippen LogP) is 5.77. The Morgan fingerprint density at radius 1 is 1.00 bits per heavy atom. The van der Waals surface area contributed by atoms with Crippen molar-refractivity contribution in [3.8, 4) is 11.5 Å². The third kappa shape index (κ3) is 4.28. The summed E-state index contributed by atoms with van der Waals surface area (Å²) in [4.78, 5) is 28.1. The van der Waals surface area contributed by atoms with E-state index >= 15 is 0 Å². The van der Waals surface area contributed by atoms with E-state index in [1.807, 2.05) is 52.0 Å². The number of Topliss-reactive ketones (excluding diaryl/α,β-unsaturated/α-hetero) is 1. The van der Waals surface area contributed by atoms with Crippen LogP contribution in [0.1, 0.15) is 53.6 Å². The van der Waals surface area contributed by atoms with Gasteiger partial charge in [0, 0.05) is 11.3 Å². The average Bonchev–Trinajstić information content (AvgIpc) is 3.09. The number of phenols is 1. The first-order chi connectivity index (χ1) is 16.6. The van der Waals surface area contributed by atoms with Crippen LogP contribution in [0, 0.1) is 13.8 Å². The zero-order valence-electron chi connectivity index (χ0n) is 20.5. The molecule has 1 heterocycles. The Hall–Kier alpha value is -4.06. The number of nitrogens with zero attached hydrogens (tertiary/aromatic N) is 1. The van der Waals surface area contributed by atoms with Gasteiger partial charge in [0.15, 0.2) is 0 Å². The maximum absolute atomic E-state index is 13.4. The molecule has 1 aliphatic heterocycles. The van der Waals surface area contributed by atoms with Gasteiger partial charge in [-0.2, -0.15) is 0 Å². The third-order valence-electron chi connectivity index (χ3n) is 6.40. The number of benzene rings is 3. The number of phenolic OH excluding ortho intramolecular Hbond substituents is 1. The van der Waals surface area contributed by atoms with Gasteiger partial charge in [-0.3, -0.25) is 14.5 Å². The third-order valence-corrected chi connectivity index (χ3v) is 6.40. The van der Waals surface area contributed by atoms with Gasteiger partial charge in [-0.1, -0.05) is 43.7 Å². The fourth-order valence-corrected chi connectivity index (χ4v) is 4.54. The smallest absolute Gasteiger partial charge is 0.300 e. The molecule has 1 aliphatic rings. The van der Waals surface area contributed by atoms with Gasteiger partial charge >= 0.3 is 0 Å². The molecule has 6 nitrogen and oxygen atoms in total. The van der Waals surface area contributed by atoms with Crippen molar-refractivity contribution in [1.29, 1.82) is 0 Å². The highest BCUT2D eigenvalue weighted by atomic mass is 16.5. The summed E-state index contributed by atoms with van der Waals surface area (Å²) in [6, 6.07) is 16.4. The van der Waals surface area contributed by atoms with Crippen LogP contribution in [-0.2, 0) is 9.59 Å². The molecule has 1 atom stereocenters. The van der Waals surface area contributed by atoms with E-state index < -0.39 is 17.7 Å². The maximum Gasteiger partial charge on any atom is 0.300 e. The van der Waals surface area contributed by atoms with Crippen molar-refractivity contribution >= 4 is 23.1 Å². The van der Waals surface area contributed by atoms with Crippen LogP contribution in [0.15, 0.2) is 66.2 Å². The van der Waals surface area contributed by atoms with E-state index in [9.17, 15) is 19.8 Å². The van der Waals surface area contributed by atoms with Crippen molar-refractivity contribution < 1.29 is 24.5 Å².